The van der Waals surface area contributed by atoms with Crippen molar-refractivity contribution in [2.24, 2.45) is 0 Å². The molecule has 1 aliphatic heterocycles. The van der Waals surface area contributed by atoms with E-state index in [0.717, 1.165) is 11.8 Å². The van der Waals surface area contributed by atoms with Gasteiger partial charge < -0.3 is 9.73 Å². The zero-order chi connectivity index (χ0) is 18.5. The molecular formula is C19H14F2N4O2. The number of nitrogens with zero attached hydrogens (tertiary/aromatic N) is 3. The minimum absolute atomic E-state index is 0.0990. The minimum Gasteiger partial charge on any atom is -0.469 e. The molecule has 8 heteroatoms. The molecule has 0 bridgehead atoms. The van der Waals surface area contributed by atoms with Crippen LogP contribution >= 0.6 is 0 Å². The molecule has 2 aliphatic rings. The molecule has 1 aromatic carbocycles. The lowest BCUT2D eigenvalue weighted by molar-refractivity contribution is -0.117. The van der Waals surface area contributed by atoms with Crippen LogP contribution in [0.2, 0.25) is 0 Å². The first-order chi connectivity index (χ1) is 13.1. The fourth-order valence-electron chi connectivity index (χ4n) is 3.92. The van der Waals surface area contributed by atoms with Gasteiger partial charge in [0, 0.05) is 29.7 Å². The number of carbonyl (C=O) groups excluding carboxylic acids is 1. The predicted octanol–water partition coefficient (Wildman–Crippen LogP) is 3.57. The number of Topliss-reactive ketones (excluding diaryl/α,β-unsaturated/α-hetero) is 1. The number of hydrogen-bond donors (Lipinski definition) is 1. The van der Waals surface area contributed by atoms with Crippen molar-refractivity contribution in [2.45, 2.75) is 24.8 Å². The number of allylic oxidation sites excluding steroid dienone is 2. The number of hydrogen-bond acceptors (Lipinski definition) is 5. The first kappa shape index (κ1) is 15.9. The van der Waals surface area contributed by atoms with Gasteiger partial charge in [-0.05, 0) is 36.2 Å². The Balaban J connectivity index is 1.64. The summed E-state index contributed by atoms with van der Waals surface area (Å²) in [6, 6.07) is 6.15. The third kappa shape index (κ3) is 2.56. The Morgan fingerprint density at radius 1 is 1.19 bits per heavy atom. The highest BCUT2D eigenvalue weighted by Gasteiger charge is 2.40. The molecule has 0 fully saturated rings. The van der Waals surface area contributed by atoms with Gasteiger partial charge in [0.2, 0.25) is 5.95 Å². The zero-order valence-electron chi connectivity index (χ0n) is 14.0. The fourth-order valence-corrected chi connectivity index (χ4v) is 3.92. The van der Waals surface area contributed by atoms with Crippen molar-refractivity contribution in [2.75, 3.05) is 5.32 Å². The van der Waals surface area contributed by atoms with Crippen LogP contribution in [0.4, 0.5) is 14.7 Å². The van der Waals surface area contributed by atoms with Gasteiger partial charge >= 0.3 is 0 Å². The molecule has 6 nitrogen and oxygen atoms in total. The lowest BCUT2D eigenvalue weighted by Gasteiger charge is -2.34. The molecule has 2 atom stereocenters. The summed E-state index contributed by atoms with van der Waals surface area (Å²) in [6.07, 6.45) is 3.72. The summed E-state index contributed by atoms with van der Waals surface area (Å²) >= 11 is 0. The molecule has 27 heavy (non-hydrogen) atoms. The van der Waals surface area contributed by atoms with Crippen LogP contribution in [-0.2, 0) is 4.79 Å². The average molecular weight is 368 g/mol. The van der Waals surface area contributed by atoms with E-state index in [1.807, 2.05) is 6.07 Å². The molecule has 2 aromatic heterocycles. The maximum atomic E-state index is 13.8. The molecule has 0 saturated carbocycles. The van der Waals surface area contributed by atoms with E-state index in [-0.39, 0.29) is 18.1 Å². The number of nitrogens with one attached hydrogen (secondary N) is 1. The first-order valence-electron chi connectivity index (χ1n) is 8.52. The van der Waals surface area contributed by atoms with Gasteiger partial charge in [0.25, 0.3) is 0 Å². The molecule has 0 spiro atoms. The number of halogens is 2. The lowest BCUT2D eigenvalue weighted by Crippen LogP contribution is -2.33. The van der Waals surface area contributed by atoms with Crippen LogP contribution in [0.3, 0.4) is 0 Å². The molecule has 3 heterocycles. The molecule has 3 aromatic rings. The van der Waals surface area contributed by atoms with Gasteiger partial charge in [-0.3, -0.25) is 4.79 Å². The monoisotopic (exact) mass is 368 g/mol. The van der Waals surface area contributed by atoms with E-state index in [1.165, 1.54) is 23.1 Å². The van der Waals surface area contributed by atoms with E-state index in [1.54, 1.807) is 12.3 Å². The van der Waals surface area contributed by atoms with Crippen molar-refractivity contribution < 1.29 is 18.0 Å². The first-order valence-corrected chi connectivity index (χ1v) is 8.52. The number of rotatable bonds is 2. The molecule has 136 valence electrons. The zero-order valence-corrected chi connectivity index (χ0v) is 14.0. The quantitative estimate of drug-likeness (QED) is 0.749. The highest BCUT2D eigenvalue weighted by Crippen LogP contribution is 2.43. The fraction of sp³-hybridized carbons (Fsp3) is 0.211. The Labute approximate surface area is 152 Å². The van der Waals surface area contributed by atoms with Crippen LogP contribution in [0.5, 0.6) is 0 Å². The minimum atomic E-state index is -0.728. The van der Waals surface area contributed by atoms with E-state index in [0.29, 0.717) is 29.2 Å². The molecule has 0 saturated heterocycles. The smallest absolute Gasteiger partial charge is 0.226 e. The van der Waals surface area contributed by atoms with Crippen molar-refractivity contribution in [1.82, 2.24) is 14.8 Å². The van der Waals surface area contributed by atoms with E-state index in [4.69, 9.17) is 4.42 Å². The SMILES string of the molecule is O=C1C[C@@H](c2ccco2)CC2=C1[C@H](c1cc(F)cc(F)c1)n1ncnc1N2. The van der Waals surface area contributed by atoms with Gasteiger partial charge in [0.05, 0.1) is 6.26 Å². The Morgan fingerprint density at radius 3 is 2.74 bits per heavy atom. The Bertz CT molecular complexity index is 1050. The Hall–Kier alpha value is -3.29. The molecule has 0 unspecified atom stereocenters. The third-order valence-electron chi connectivity index (χ3n) is 5.01. The summed E-state index contributed by atoms with van der Waals surface area (Å²) in [4.78, 5) is 17.2. The number of anilines is 1. The number of carbonyl (C=O) groups is 1. The summed E-state index contributed by atoms with van der Waals surface area (Å²) in [5, 5.41) is 7.31. The number of aromatic nitrogens is 3. The molecule has 0 radical (unpaired) electrons. The van der Waals surface area contributed by atoms with Crippen molar-refractivity contribution in [3.8, 4) is 0 Å². The number of benzene rings is 1. The average Bonchev–Trinajstić information content (AvgIpc) is 3.30. The van der Waals surface area contributed by atoms with Crippen LogP contribution in [-0.4, -0.2) is 20.5 Å². The van der Waals surface area contributed by atoms with Gasteiger partial charge in [0.15, 0.2) is 5.78 Å². The van der Waals surface area contributed by atoms with Gasteiger partial charge in [-0.1, -0.05) is 0 Å². The normalized spacial score (nSPS) is 21.6. The van der Waals surface area contributed by atoms with Crippen LogP contribution < -0.4 is 5.32 Å². The summed E-state index contributed by atoms with van der Waals surface area (Å²) in [7, 11) is 0. The predicted molar refractivity (Wildman–Crippen MR) is 90.9 cm³/mol. The highest BCUT2D eigenvalue weighted by molar-refractivity contribution is 6.00. The highest BCUT2D eigenvalue weighted by atomic mass is 19.1. The van der Waals surface area contributed by atoms with Crippen molar-refractivity contribution in [1.29, 1.82) is 0 Å². The van der Waals surface area contributed by atoms with E-state index in [9.17, 15) is 13.6 Å². The second-order valence-electron chi connectivity index (χ2n) is 6.69. The largest absolute Gasteiger partial charge is 0.469 e. The number of fused-ring (bicyclic) bond motifs is 1. The summed E-state index contributed by atoms with van der Waals surface area (Å²) in [6.45, 7) is 0. The lowest BCUT2D eigenvalue weighted by atomic mass is 9.79. The van der Waals surface area contributed by atoms with Gasteiger partial charge in [-0.25, -0.2) is 13.5 Å². The van der Waals surface area contributed by atoms with Crippen molar-refractivity contribution >= 4 is 11.7 Å². The Kier molecular flexibility index (Phi) is 3.46. The van der Waals surface area contributed by atoms with Crippen LogP contribution in [0.1, 0.15) is 36.1 Å². The maximum absolute atomic E-state index is 13.8. The van der Waals surface area contributed by atoms with Crippen LogP contribution in [0.15, 0.2) is 58.6 Å². The Morgan fingerprint density at radius 2 is 2.00 bits per heavy atom. The molecule has 1 N–H and O–H groups in total. The standard InChI is InChI=1S/C19H14F2N4O2/c20-12-4-11(5-13(21)8-12)18-17-14(24-19-22-9-23-25(18)19)6-10(7-15(17)26)16-2-1-3-27-16/h1-5,8-10,18H,6-7H2,(H,22,23,24)/t10-,18-/m0/s1. The summed E-state index contributed by atoms with van der Waals surface area (Å²) < 4.78 is 34.6. The second kappa shape index (κ2) is 5.87. The van der Waals surface area contributed by atoms with Crippen molar-refractivity contribution in [3.05, 3.63) is 77.2 Å². The summed E-state index contributed by atoms with van der Waals surface area (Å²) in [5.74, 6) is -0.458. The molecule has 1 aliphatic carbocycles. The van der Waals surface area contributed by atoms with Gasteiger partial charge in [-0.15, -0.1) is 0 Å². The molecule has 0 amide bonds. The van der Waals surface area contributed by atoms with Crippen LogP contribution in [0, 0.1) is 11.6 Å². The maximum Gasteiger partial charge on any atom is 0.226 e. The summed E-state index contributed by atoms with van der Waals surface area (Å²) in [5.41, 5.74) is 1.46. The topological polar surface area (TPSA) is 73.0 Å². The number of furan rings is 1. The van der Waals surface area contributed by atoms with Gasteiger partial charge in [-0.2, -0.15) is 10.1 Å². The van der Waals surface area contributed by atoms with E-state index < -0.39 is 17.7 Å². The molecular weight excluding hydrogens is 354 g/mol. The number of ketones is 1. The molecule has 5 rings (SSSR count). The van der Waals surface area contributed by atoms with Crippen molar-refractivity contribution in [3.63, 3.8) is 0 Å². The van der Waals surface area contributed by atoms with E-state index >= 15 is 0 Å². The van der Waals surface area contributed by atoms with Gasteiger partial charge in [0.1, 0.15) is 29.8 Å². The van der Waals surface area contributed by atoms with E-state index in [2.05, 4.69) is 15.4 Å². The van der Waals surface area contributed by atoms with Crippen LogP contribution in [0.25, 0.3) is 0 Å². The second-order valence-corrected chi connectivity index (χ2v) is 6.69. The third-order valence-corrected chi connectivity index (χ3v) is 5.01.